The molecule has 0 saturated heterocycles. The molecule has 0 amide bonds. The molecule has 2 aromatic heterocycles. The van der Waals surface area contributed by atoms with E-state index in [4.69, 9.17) is 0 Å². The van der Waals surface area contributed by atoms with E-state index in [0.717, 1.165) is 24.6 Å². The third kappa shape index (κ3) is 2.54. The number of nitrogens with zero attached hydrogens (tertiary/aromatic N) is 3. The number of rotatable bonds is 5. The number of fused-ring (bicyclic) bond motifs is 1. The molecule has 5 heteroatoms. The predicted octanol–water partition coefficient (Wildman–Crippen LogP) is 1.57. The molecule has 0 radical (unpaired) electrons. The van der Waals surface area contributed by atoms with Crippen molar-refractivity contribution < 1.29 is 0 Å². The van der Waals surface area contributed by atoms with Gasteiger partial charge >= 0.3 is 0 Å². The molecule has 1 N–H and O–H groups in total. The first-order valence-electron chi connectivity index (χ1n) is 5.31. The van der Waals surface area contributed by atoms with Gasteiger partial charge in [-0.05, 0) is 12.3 Å². The van der Waals surface area contributed by atoms with Gasteiger partial charge in [0.1, 0.15) is 0 Å². The van der Waals surface area contributed by atoms with Gasteiger partial charge in [-0.3, -0.25) is 4.40 Å². The van der Waals surface area contributed by atoms with Gasteiger partial charge in [0, 0.05) is 30.7 Å². The zero-order valence-corrected chi connectivity index (χ0v) is 10.4. The van der Waals surface area contributed by atoms with Crippen LogP contribution in [0.25, 0.3) is 5.78 Å². The summed E-state index contributed by atoms with van der Waals surface area (Å²) in [6, 6.07) is 1.92. The van der Waals surface area contributed by atoms with E-state index in [2.05, 4.69) is 28.5 Å². The van der Waals surface area contributed by atoms with Crippen LogP contribution in [0.1, 0.15) is 12.6 Å². The molecule has 2 rings (SSSR count). The van der Waals surface area contributed by atoms with Gasteiger partial charge in [-0.2, -0.15) is 11.8 Å². The third-order valence-electron chi connectivity index (χ3n) is 2.51. The Kier molecular flexibility index (Phi) is 3.79. The maximum absolute atomic E-state index is 4.24. The number of thioether (sulfide) groups is 1. The highest BCUT2D eigenvalue weighted by molar-refractivity contribution is 7.99. The molecule has 1 unspecified atom stereocenters. The lowest BCUT2D eigenvalue weighted by molar-refractivity contribution is 0.668. The molecule has 0 aliphatic heterocycles. The van der Waals surface area contributed by atoms with E-state index >= 15 is 0 Å². The van der Waals surface area contributed by atoms with Crippen molar-refractivity contribution in [2.45, 2.75) is 18.7 Å². The summed E-state index contributed by atoms with van der Waals surface area (Å²) in [5.74, 6) is 0.761. The van der Waals surface area contributed by atoms with E-state index in [9.17, 15) is 0 Å². The maximum atomic E-state index is 4.24. The second-order valence-corrected chi connectivity index (χ2v) is 4.99. The molecule has 1 atom stereocenters. The van der Waals surface area contributed by atoms with Crippen LogP contribution in [0.4, 0.5) is 0 Å². The molecule has 16 heavy (non-hydrogen) atoms. The Hall–Kier alpha value is -1.07. The molecule has 0 aliphatic rings. The minimum atomic E-state index is 0.636. The van der Waals surface area contributed by atoms with Crippen molar-refractivity contribution in [3.63, 3.8) is 0 Å². The minimum absolute atomic E-state index is 0.636. The van der Waals surface area contributed by atoms with Crippen molar-refractivity contribution in [2.24, 2.45) is 0 Å². The summed E-state index contributed by atoms with van der Waals surface area (Å²) in [7, 11) is 0. The SMILES string of the molecule is CSC(C)CNCc1cnc2ncccn12. The summed E-state index contributed by atoms with van der Waals surface area (Å²) in [6.45, 7) is 4.06. The Bertz CT molecular complexity index is 454. The van der Waals surface area contributed by atoms with Crippen LogP contribution < -0.4 is 5.32 Å². The fraction of sp³-hybridized carbons (Fsp3) is 0.455. The Balaban J connectivity index is 1.99. The second-order valence-electron chi connectivity index (χ2n) is 3.72. The minimum Gasteiger partial charge on any atom is -0.310 e. The third-order valence-corrected chi connectivity index (χ3v) is 3.48. The Morgan fingerprint density at radius 3 is 3.19 bits per heavy atom. The molecule has 0 bridgehead atoms. The van der Waals surface area contributed by atoms with E-state index in [1.54, 1.807) is 6.20 Å². The number of imidazole rings is 1. The van der Waals surface area contributed by atoms with E-state index < -0.39 is 0 Å². The molecule has 2 heterocycles. The van der Waals surface area contributed by atoms with Crippen LogP contribution in [0, 0.1) is 0 Å². The fourth-order valence-electron chi connectivity index (χ4n) is 1.49. The number of hydrogen-bond donors (Lipinski definition) is 1. The van der Waals surface area contributed by atoms with Crippen molar-refractivity contribution in [2.75, 3.05) is 12.8 Å². The molecular formula is C11H16N4S. The van der Waals surface area contributed by atoms with Gasteiger partial charge in [0.2, 0.25) is 5.78 Å². The molecular weight excluding hydrogens is 220 g/mol. The molecule has 0 aromatic carbocycles. The summed E-state index contributed by atoms with van der Waals surface area (Å²) in [6.07, 6.45) is 7.75. The lowest BCUT2D eigenvalue weighted by Gasteiger charge is -2.09. The number of nitrogens with one attached hydrogen (secondary N) is 1. The van der Waals surface area contributed by atoms with Crippen molar-refractivity contribution >= 4 is 17.5 Å². The number of hydrogen-bond acceptors (Lipinski definition) is 4. The van der Waals surface area contributed by atoms with Crippen molar-refractivity contribution in [3.8, 4) is 0 Å². The second kappa shape index (κ2) is 5.32. The van der Waals surface area contributed by atoms with Crippen molar-refractivity contribution in [1.82, 2.24) is 19.7 Å². The highest BCUT2D eigenvalue weighted by atomic mass is 32.2. The van der Waals surface area contributed by atoms with Gasteiger partial charge in [-0.25, -0.2) is 9.97 Å². The van der Waals surface area contributed by atoms with E-state index in [-0.39, 0.29) is 0 Å². The average molecular weight is 236 g/mol. The summed E-state index contributed by atoms with van der Waals surface area (Å²) >= 11 is 1.87. The molecule has 2 aromatic rings. The van der Waals surface area contributed by atoms with E-state index in [1.807, 2.05) is 34.6 Å². The normalized spacial score (nSPS) is 13.1. The molecule has 0 saturated carbocycles. The van der Waals surface area contributed by atoms with Gasteiger partial charge in [0.25, 0.3) is 0 Å². The highest BCUT2D eigenvalue weighted by Crippen LogP contribution is 2.05. The van der Waals surface area contributed by atoms with Gasteiger partial charge in [0.05, 0.1) is 11.9 Å². The van der Waals surface area contributed by atoms with Crippen LogP contribution in [-0.4, -0.2) is 32.4 Å². The smallest absolute Gasteiger partial charge is 0.233 e. The lowest BCUT2D eigenvalue weighted by atomic mass is 10.4. The quantitative estimate of drug-likeness (QED) is 0.855. The Labute approximate surface area is 99.5 Å². The lowest BCUT2D eigenvalue weighted by Crippen LogP contribution is -2.22. The van der Waals surface area contributed by atoms with Crippen LogP contribution in [0.15, 0.2) is 24.7 Å². The number of aromatic nitrogens is 3. The van der Waals surface area contributed by atoms with Crippen LogP contribution in [0.3, 0.4) is 0 Å². The van der Waals surface area contributed by atoms with Crippen LogP contribution >= 0.6 is 11.8 Å². The standard InChI is InChI=1S/C11H16N4S/c1-9(16-2)6-12-7-10-8-14-11-13-4-3-5-15(10)11/h3-5,8-9,12H,6-7H2,1-2H3. The largest absolute Gasteiger partial charge is 0.310 e. The van der Waals surface area contributed by atoms with Gasteiger partial charge < -0.3 is 5.32 Å². The summed E-state index contributed by atoms with van der Waals surface area (Å²) in [5, 5.41) is 4.06. The molecule has 0 aliphatic carbocycles. The van der Waals surface area contributed by atoms with E-state index in [1.165, 1.54) is 0 Å². The zero-order chi connectivity index (χ0) is 11.4. The van der Waals surface area contributed by atoms with Crippen LogP contribution in [0.2, 0.25) is 0 Å². The summed E-state index contributed by atoms with van der Waals surface area (Å²) < 4.78 is 2.01. The van der Waals surface area contributed by atoms with Gasteiger partial charge in [-0.1, -0.05) is 6.92 Å². The highest BCUT2D eigenvalue weighted by Gasteiger charge is 2.03. The molecule has 0 spiro atoms. The van der Waals surface area contributed by atoms with Crippen LogP contribution in [0.5, 0.6) is 0 Å². The first-order valence-corrected chi connectivity index (χ1v) is 6.60. The topological polar surface area (TPSA) is 42.2 Å². The Morgan fingerprint density at radius 1 is 1.50 bits per heavy atom. The predicted molar refractivity (Wildman–Crippen MR) is 67.7 cm³/mol. The maximum Gasteiger partial charge on any atom is 0.233 e. The first kappa shape index (κ1) is 11.4. The monoisotopic (exact) mass is 236 g/mol. The molecule has 0 fully saturated rings. The first-order chi connectivity index (χ1) is 7.81. The Morgan fingerprint density at radius 2 is 2.38 bits per heavy atom. The van der Waals surface area contributed by atoms with Crippen molar-refractivity contribution in [3.05, 3.63) is 30.4 Å². The van der Waals surface area contributed by atoms with Crippen molar-refractivity contribution in [1.29, 1.82) is 0 Å². The van der Waals surface area contributed by atoms with Gasteiger partial charge in [-0.15, -0.1) is 0 Å². The average Bonchev–Trinajstić information content (AvgIpc) is 2.73. The summed E-state index contributed by atoms with van der Waals surface area (Å²) in [5.41, 5.74) is 1.15. The van der Waals surface area contributed by atoms with E-state index in [0.29, 0.717) is 5.25 Å². The van der Waals surface area contributed by atoms with Gasteiger partial charge in [0.15, 0.2) is 0 Å². The zero-order valence-electron chi connectivity index (χ0n) is 9.55. The van der Waals surface area contributed by atoms with Crippen LogP contribution in [-0.2, 0) is 6.54 Å². The molecule has 4 nitrogen and oxygen atoms in total. The molecule has 86 valence electrons. The summed E-state index contributed by atoms with van der Waals surface area (Å²) in [4.78, 5) is 8.42. The fourth-order valence-corrected chi connectivity index (χ4v) is 1.78.